The zero-order valence-corrected chi connectivity index (χ0v) is 11.7. The van der Waals surface area contributed by atoms with Crippen molar-refractivity contribution in [2.45, 2.75) is 18.2 Å². The van der Waals surface area contributed by atoms with Gasteiger partial charge in [0.15, 0.2) is 10.8 Å². The molecule has 3 N–H and O–H groups in total. The predicted octanol–water partition coefficient (Wildman–Crippen LogP) is 2.44. The van der Waals surface area contributed by atoms with Gasteiger partial charge in [-0.25, -0.2) is 4.98 Å². The van der Waals surface area contributed by atoms with E-state index in [1.165, 1.54) is 11.3 Å². The Hall–Kier alpha value is -1.31. The number of hydrogen-bond donors (Lipinski definition) is 2. The van der Waals surface area contributed by atoms with E-state index < -0.39 is 12.0 Å². The summed E-state index contributed by atoms with van der Waals surface area (Å²) in [4.78, 5) is 15.0. The summed E-state index contributed by atoms with van der Waals surface area (Å²) in [6, 6.07) is 2.93. The molecule has 2 aromatic heterocycles. The van der Waals surface area contributed by atoms with Gasteiger partial charge in [0.25, 0.3) is 0 Å². The van der Waals surface area contributed by atoms with Crippen LogP contribution in [0, 0.1) is 0 Å². The molecule has 0 aliphatic rings. The number of carboxylic acid groups (broad SMARTS) is 1. The van der Waals surface area contributed by atoms with Gasteiger partial charge in [-0.1, -0.05) is 0 Å². The van der Waals surface area contributed by atoms with Gasteiger partial charge in [0.1, 0.15) is 6.04 Å². The highest BCUT2D eigenvalue weighted by Crippen LogP contribution is 2.25. The third-order valence-corrected chi connectivity index (χ3v) is 4.35. The van der Waals surface area contributed by atoms with E-state index in [9.17, 15) is 4.79 Å². The van der Waals surface area contributed by atoms with Crippen LogP contribution < -0.4 is 5.73 Å². The largest absolute Gasteiger partial charge is 0.480 e. The lowest BCUT2D eigenvalue weighted by atomic mass is 10.2. The zero-order valence-electron chi connectivity index (χ0n) is 10.1. The summed E-state index contributed by atoms with van der Waals surface area (Å²) < 4.78 is 5.28. The maximum atomic E-state index is 10.5. The monoisotopic (exact) mass is 298 g/mol. The van der Waals surface area contributed by atoms with Gasteiger partial charge in [-0.3, -0.25) is 4.79 Å². The molecule has 0 spiro atoms. The first-order valence-electron chi connectivity index (χ1n) is 5.71. The molecule has 19 heavy (non-hydrogen) atoms. The van der Waals surface area contributed by atoms with Crippen LogP contribution >= 0.6 is 23.1 Å². The lowest BCUT2D eigenvalue weighted by Crippen LogP contribution is -2.30. The van der Waals surface area contributed by atoms with Gasteiger partial charge in [-0.15, -0.1) is 11.3 Å². The molecule has 102 valence electrons. The fraction of sp³-hybridized carbons (Fsp3) is 0.333. The van der Waals surface area contributed by atoms with Crippen molar-refractivity contribution in [1.82, 2.24) is 4.98 Å². The predicted molar refractivity (Wildman–Crippen MR) is 76.2 cm³/mol. The van der Waals surface area contributed by atoms with Crippen LogP contribution in [-0.4, -0.2) is 27.9 Å². The van der Waals surface area contributed by atoms with Crippen molar-refractivity contribution in [2.75, 3.05) is 5.75 Å². The summed E-state index contributed by atoms with van der Waals surface area (Å²) in [6.07, 6.45) is 2.09. The highest BCUT2D eigenvalue weighted by Gasteiger charge is 2.11. The average molecular weight is 298 g/mol. The Labute approximate surface area is 118 Å². The minimum absolute atomic E-state index is 0.467. The standard InChI is InChI=1S/C12H14N2O3S2/c13-9(12(15)16)3-5-18-6-8-7-19-11(14-8)10-2-1-4-17-10/h1-2,4,7,9H,3,5-6,13H2,(H,15,16). The number of thiazole rings is 1. The Balaban J connectivity index is 1.77. The van der Waals surface area contributed by atoms with E-state index in [0.29, 0.717) is 12.2 Å². The molecule has 0 fully saturated rings. The number of aliphatic carboxylic acids is 1. The highest BCUT2D eigenvalue weighted by atomic mass is 32.2. The zero-order chi connectivity index (χ0) is 13.7. The molecular weight excluding hydrogens is 284 g/mol. The smallest absolute Gasteiger partial charge is 0.320 e. The molecule has 0 aliphatic heterocycles. The van der Waals surface area contributed by atoms with Crippen molar-refractivity contribution in [3.8, 4) is 10.8 Å². The van der Waals surface area contributed by atoms with Gasteiger partial charge in [-0.2, -0.15) is 11.8 Å². The van der Waals surface area contributed by atoms with E-state index >= 15 is 0 Å². The van der Waals surface area contributed by atoms with Crippen molar-refractivity contribution in [3.63, 3.8) is 0 Å². The lowest BCUT2D eigenvalue weighted by Gasteiger charge is -2.04. The Morgan fingerprint density at radius 3 is 3.16 bits per heavy atom. The van der Waals surface area contributed by atoms with Crippen molar-refractivity contribution >= 4 is 29.1 Å². The summed E-state index contributed by atoms with van der Waals surface area (Å²) in [5, 5.41) is 11.5. The van der Waals surface area contributed by atoms with E-state index in [0.717, 1.165) is 22.2 Å². The Morgan fingerprint density at radius 2 is 2.47 bits per heavy atom. The number of furan rings is 1. The maximum absolute atomic E-state index is 10.5. The summed E-state index contributed by atoms with van der Waals surface area (Å²) in [7, 11) is 0. The van der Waals surface area contributed by atoms with Gasteiger partial charge in [0, 0.05) is 11.1 Å². The van der Waals surface area contributed by atoms with Crippen molar-refractivity contribution in [3.05, 3.63) is 29.5 Å². The number of rotatable bonds is 7. The minimum atomic E-state index is -0.950. The number of hydrogen-bond acceptors (Lipinski definition) is 6. The first-order valence-corrected chi connectivity index (χ1v) is 7.74. The first kappa shape index (κ1) is 14.1. The van der Waals surface area contributed by atoms with Crippen LogP contribution in [0.5, 0.6) is 0 Å². The molecule has 0 aliphatic carbocycles. The maximum Gasteiger partial charge on any atom is 0.320 e. The van der Waals surface area contributed by atoms with Crippen LogP contribution in [0.1, 0.15) is 12.1 Å². The van der Waals surface area contributed by atoms with Crippen LogP contribution in [0.15, 0.2) is 28.2 Å². The second-order valence-electron chi connectivity index (χ2n) is 3.91. The van der Waals surface area contributed by atoms with Gasteiger partial charge < -0.3 is 15.3 Å². The van der Waals surface area contributed by atoms with Gasteiger partial charge in [0.05, 0.1) is 12.0 Å². The third-order valence-electron chi connectivity index (χ3n) is 2.42. The van der Waals surface area contributed by atoms with Crippen molar-refractivity contribution < 1.29 is 14.3 Å². The van der Waals surface area contributed by atoms with E-state index in [2.05, 4.69) is 4.98 Å². The molecule has 0 radical (unpaired) electrons. The van der Waals surface area contributed by atoms with Crippen LogP contribution in [0.3, 0.4) is 0 Å². The molecule has 2 aromatic rings. The number of carboxylic acids is 1. The Kier molecular flexibility index (Phi) is 5.00. The number of thioether (sulfide) groups is 1. The van der Waals surface area contributed by atoms with Crippen LogP contribution in [0.25, 0.3) is 10.8 Å². The Bertz CT molecular complexity index is 525. The molecule has 0 saturated heterocycles. The first-order chi connectivity index (χ1) is 9.16. The normalized spacial score (nSPS) is 12.5. The van der Waals surface area contributed by atoms with E-state index in [-0.39, 0.29) is 0 Å². The van der Waals surface area contributed by atoms with Crippen molar-refractivity contribution in [2.24, 2.45) is 5.73 Å². The third kappa shape index (κ3) is 4.09. The molecule has 0 aromatic carbocycles. The quantitative estimate of drug-likeness (QED) is 0.763. The molecule has 1 atom stereocenters. The number of nitrogens with two attached hydrogens (primary N) is 1. The summed E-state index contributed by atoms with van der Waals surface area (Å²) >= 11 is 3.17. The molecule has 7 heteroatoms. The second-order valence-corrected chi connectivity index (χ2v) is 5.87. The second kappa shape index (κ2) is 6.74. The fourth-order valence-electron chi connectivity index (χ4n) is 1.40. The van der Waals surface area contributed by atoms with E-state index in [1.54, 1.807) is 18.0 Å². The van der Waals surface area contributed by atoms with E-state index in [4.69, 9.17) is 15.3 Å². The van der Waals surface area contributed by atoms with Crippen LogP contribution in [-0.2, 0) is 10.5 Å². The average Bonchev–Trinajstić information content (AvgIpc) is 3.04. The van der Waals surface area contributed by atoms with Gasteiger partial charge in [-0.05, 0) is 24.3 Å². The topological polar surface area (TPSA) is 89.4 Å². The molecular formula is C12H14N2O3S2. The SMILES string of the molecule is NC(CCSCc1csc(-c2ccco2)n1)C(=O)O. The lowest BCUT2D eigenvalue weighted by molar-refractivity contribution is -0.138. The molecule has 2 heterocycles. The summed E-state index contributed by atoms with van der Waals surface area (Å²) in [5.74, 6) is 1.29. The fourth-order valence-corrected chi connectivity index (χ4v) is 3.21. The van der Waals surface area contributed by atoms with Crippen LogP contribution in [0.2, 0.25) is 0 Å². The molecule has 1 unspecified atom stereocenters. The van der Waals surface area contributed by atoms with Gasteiger partial charge in [0.2, 0.25) is 0 Å². The molecule has 0 bridgehead atoms. The molecule has 5 nitrogen and oxygen atoms in total. The molecule has 0 saturated carbocycles. The van der Waals surface area contributed by atoms with Crippen LogP contribution in [0.4, 0.5) is 0 Å². The summed E-state index contributed by atoms with van der Waals surface area (Å²) in [5.41, 5.74) is 6.40. The highest BCUT2D eigenvalue weighted by molar-refractivity contribution is 7.98. The molecule has 2 rings (SSSR count). The number of aromatic nitrogens is 1. The summed E-state index contributed by atoms with van der Waals surface area (Å²) in [6.45, 7) is 0. The van der Waals surface area contributed by atoms with E-state index in [1.807, 2.05) is 17.5 Å². The van der Waals surface area contributed by atoms with Crippen molar-refractivity contribution in [1.29, 1.82) is 0 Å². The minimum Gasteiger partial charge on any atom is -0.480 e. The molecule has 0 amide bonds. The van der Waals surface area contributed by atoms with Gasteiger partial charge >= 0.3 is 5.97 Å². The number of nitrogens with zero attached hydrogens (tertiary/aromatic N) is 1. The Morgan fingerprint density at radius 1 is 1.63 bits per heavy atom. The number of carbonyl (C=O) groups is 1.